The second kappa shape index (κ2) is 14.1. The molecule has 8 fully saturated rings. The standard InChI is InChI=1S/C30H39NO3.C29H37NO4.2CH4/c1-18-6-9-20-14-22-28-10-11-30(21(15-28)27(5,26(2,3)4)32-17-33-30)25-29(28,23(20)24(18)34-25)12-13-31(22)16-19-7-8-19;1-25(2,3)26(4)20-14-27-9-10-29(20,33-16-32-26)24-28(27)11-12-30(15-17-5-6-17)21(27)13-18-7-8-19(31)23(34-24)22(18)28;;/h6,9-11,19,21-22,25H,7-8,12-17H2,1-5H3;7-10,17,20-21,24,31H,5-6,11-16H2,1-4H3;2*1H4/t21-,22-,25-,27+,28-,29+,30?;20-,21-,24-,26+,27-,28+,29?;;/m11../s1. The maximum Gasteiger partial charge on any atom is 0.165 e. The van der Waals surface area contributed by atoms with E-state index in [0.29, 0.717) is 18.9 Å². The summed E-state index contributed by atoms with van der Waals surface area (Å²) < 4.78 is 40.7. The zero-order valence-electron chi connectivity index (χ0n) is 42.3. The van der Waals surface area contributed by atoms with E-state index < -0.39 is 11.2 Å². The lowest BCUT2D eigenvalue weighted by atomic mass is 9.35. The van der Waals surface area contributed by atoms with Gasteiger partial charge < -0.3 is 33.5 Å². The van der Waals surface area contributed by atoms with E-state index >= 15 is 0 Å². The van der Waals surface area contributed by atoms with E-state index in [1.807, 2.05) is 6.07 Å². The van der Waals surface area contributed by atoms with Gasteiger partial charge in [0.15, 0.2) is 11.5 Å². The molecule has 6 spiro atoms. The highest BCUT2D eigenvalue weighted by Gasteiger charge is 2.84. The summed E-state index contributed by atoms with van der Waals surface area (Å²) in [5.74, 6) is 4.44. The quantitative estimate of drug-likeness (QED) is 0.301. The number of benzene rings is 2. The Labute approximate surface area is 419 Å². The Morgan fingerprint density at radius 2 is 1.04 bits per heavy atom. The van der Waals surface area contributed by atoms with Crippen LogP contribution in [0.1, 0.15) is 149 Å². The SMILES string of the molecule is C.C.CC(C)(C)[C@@]1(C)OCOC23C=C[C@@]4(C[C@@H]21)[C@H]1Cc2ccc(O)c5c2[C@@]4(CCN1CC1CC1)[C@H]3O5.Cc1ccc2c3c1O[C@H]1C45C=C[C@@]6(C[C@@H]4[C@@](C)(C(C)(C)C)OCO5)[C@@H](C2)N(CC2CC2)CC[C@]316. The number of nitrogens with zero attached hydrogens (tertiary/aromatic N) is 2. The van der Waals surface area contributed by atoms with Gasteiger partial charge in [0.1, 0.15) is 42.7 Å². The van der Waals surface area contributed by atoms with Crippen LogP contribution in [0.25, 0.3) is 0 Å². The van der Waals surface area contributed by atoms with Crippen molar-refractivity contribution in [3.63, 3.8) is 0 Å². The number of phenols is 1. The number of aromatic hydroxyl groups is 1. The van der Waals surface area contributed by atoms with Gasteiger partial charge in [-0.1, -0.05) is 98.9 Å². The van der Waals surface area contributed by atoms with Crippen LogP contribution in [0.15, 0.2) is 48.6 Å². The van der Waals surface area contributed by atoms with Gasteiger partial charge in [0.25, 0.3) is 0 Å². The van der Waals surface area contributed by atoms with Crippen LogP contribution in [0.4, 0.5) is 0 Å². The van der Waals surface area contributed by atoms with Gasteiger partial charge in [0.05, 0.1) is 22.0 Å². The van der Waals surface area contributed by atoms with Crippen LogP contribution >= 0.6 is 0 Å². The van der Waals surface area contributed by atoms with Crippen LogP contribution < -0.4 is 9.47 Å². The molecule has 1 N–H and O–H groups in total. The lowest BCUT2D eigenvalue weighted by Crippen LogP contribution is -2.83. The van der Waals surface area contributed by atoms with Crippen molar-refractivity contribution in [2.24, 2.45) is 45.3 Å². The van der Waals surface area contributed by atoms with Gasteiger partial charge in [-0.15, -0.1) is 0 Å². The average Bonchev–Trinajstić information content (AvgIpc) is 4.23. The predicted octanol–water partition coefficient (Wildman–Crippen LogP) is 11.0. The number of hydrogen-bond donors (Lipinski definition) is 1. The van der Waals surface area contributed by atoms with Crippen LogP contribution in [0.5, 0.6) is 17.2 Å². The molecular weight excluding hydrogens is 873 g/mol. The molecule has 380 valence electrons. The molecule has 14 atom stereocenters. The molecule has 9 heteroatoms. The number of piperidine rings is 2. The van der Waals surface area contributed by atoms with E-state index in [4.69, 9.17) is 28.4 Å². The second-order valence-electron chi connectivity index (χ2n) is 27.4. The molecule has 70 heavy (non-hydrogen) atoms. The minimum atomic E-state index is -0.536. The summed E-state index contributed by atoms with van der Waals surface area (Å²) in [5.41, 5.74) is 5.40. The third kappa shape index (κ3) is 5.09. The zero-order chi connectivity index (χ0) is 46.6. The fourth-order valence-electron chi connectivity index (χ4n) is 19.0. The van der Waals surface area contributed by atoms with Crippen molar-refractivity contribution in [1.29, 1.82) is 0 Å². The van der Waals surface area contributed by atoms with Gasteiger partial charge in [-0.2, -0.15) is 0 Å². The predicted molar refractivity (Wildman–Crippen MR) is 272 cm³/mol. The number of likely N-dealkylation sites (tertiary alicyclic amines) is 2. The van der Waals surface area contributed by atoms with E-state index in [9.17, 15) is 5.11 Å². The first-order chi connectivity index (χ1) is 32.3. The van der Waals surface area contributed by atoms with Gasteiger partial charge in [0.2, 0.25) is 0 Å². The molecule has 18 rings (SSSR count). The molecule has 16 aliphatic rings. The van der Waals surface area contributed by atoms with Crippen LogP contribution in [0.2, 0.25) is 0 Å². The fourth-order valence-corrected chi connectivity index (χ4v) is 19.0. The molecule has 2 unspecified atom stereocenters. The molecule has 0 radical (unpaired) electrons. The molecular formula is C61H84N2O7. The summed E-state index contributed by atoms with van der Waals surface area (Å²) >= 11 is 0. The molecule has 4 saturated heterocycles. The molecule has 2 aromatic rings. The lowest BCUT2D eigenvalue weighted by molar-refractivity contribution is -0.356. The number of ether oxygens (including phenoxy) is 6. The Bertz CT molecular complexity index is 2450. The highest BCUT2D eigenvalue weighted by atomic mass is 16.7. The third-order valence-electron chi connectivity index (χ3n) is 23.4. The molecule has 4 saturated carbocycles. The van der Waals surface area contributed by atoms with E-state index in [2.05, 4.69) is 115 Å². The minimum absolute atomic E-state index is 0. The minimum Gasteiger partial charge on any atom is -0.504 e. The molecule has 8 bridgehead atoms. The largest absolute Gasteiger partial charge is 0.504 e. The van der Waals surface area contributed by atoms with Gasteiger partial charge in [-0.3, -0.25) is 9.80 Å². The molecule has 10 aliphatic carbocycles. The maximum atomic E-state index is 11.0. The van der Waals surface area contributed by atoms with Crippen molar-refractivity contribution in [2.75, 3.05) is 39.8 Å². The van der Waals surface area contributed by atoms with Gasteiger partial charge in [0, 0.05) is 59.0 Å². The zero-order valence-corrected chi connectivity index (χ0v) is 42.3. The summed E-state index contributed by atoms with van der Waals surface area (Å²) in [5, 5.41) is 11.0. The summed E-state index contributed by atoms with van der Waals surface area (Å²) in [6, 6.07) is 9.75. The molecule has 6 aliphatic heterocycles. The van der Waals surface area contributed by atoms with Gasteiger partial charge in [-0.25, -0.2) is 0 Å². The van der Waals surface area contributed by atoms with Crippen molar-refractivity contribution in [3.05, 3.63) is 76.4 Å². The molecule has 2 aromatic carbocycles. The van der Waals surface area contributed by atoms with E-state index in [1.165, 1.54) is 74.2 Å². The third-order valence-corrected chi connectivity index (χ3v) is 23.4. The summed E-state index contributed by atoms with van der Waals surface area (Å²) in [6.07, 6.45) is 22.2. The number of aryl methyl sites for hydroxylation is 1. The van der Waals surface area contributed by atoms with Gasteiger partial charge >= 0.3 is 0 Å². The summed E-state index contributed by atoms with van der Waals surface area (Å²) in [6.45, 7) is 26.3. The highest BCUT2D eigenvalue weighted by molar-refractivity contribution is 5.66. The number of phenolic OH excluding ortho intramolecular Hbond substituents is 1. The first-order valence-electron chi connectivity index (χ1n) is 27.1. The van der Waals surface area contributed by atoms with Crippen molar-refractivity contribution in [3.8, 4) is 17.2 Å². The van der Waals surface area contributed by atoms with E-state index in [-0.39, 0.29) is 95.1 Å². The van der Waals surface area contributed by atoms with Crippen molar-refractivity contribution < 1.29 is 33.5 Å². The summed E-state index contributed by atoms with van der Waals surface area (Å²) in [4.78, 5) is 5.72. The number of hydrogen-bond acceptors (Lipinski definition) is 9. The smallest absolute Gasteiger partial charge is 0.165 e. The Morgan fingerprint density at radius 3 is 1.50 bits per heavy atom. The van der Waals surface area contributed by atoms with E-state index in [0.717, 1.165) is 56.2 Å². The number of rotatable bonds is 4. The fraction of sp³-hybridized carbons (Fsp3) is 0.738. The average molecular weight is 957 g/mol. The molecule has 9 nitrogen and oxygen atoms in total. The normalized spacial score (nSPS) is 46.5. The molecule has 0 amide bonds. The Kier molecular flexibility index (Phi) is 9.41. The monoisotopic (exact) mass is 957 g/mol. The van der Waals surface area contributed by atoms with Crippen molar-refractivity contribution in [1.82, 2.24) is 9.80 Å². The van der Waals surface area contributed by atoms with Gasteiger partial charge in [-0.05, 0) is 143 Å². The van der Waals surface area contributed by atoms with Crippen LogP contribution in [0, 0.1) is 52.3 Å². The summed E-state index contributed by atoms with van der Waals surface area (Å²) in [7, 11) is 0. The first kappa shape index (κ1) is 46.8. The van der Waals surface area contributed by atoms with Crippen molar-refractivity contribution >= 4 is 0 Å². The molecule has 0 aromatic heterocycles. The Morgan fingerprint density at radius 1 is 0.600 bits per heavy atom. The molecule has 6 heterocycles. The van der Waals surface area contributed by atoms with Crippen LogP contribution in [-0.4, -0.2) is 101 Å². The Hall–Kier alpha value is -2.92. The Balaban J connectivity index is 0.000000133. The lowest BCUT2D eigenvalue weighted by Gasteiger charge is -2.74. The van der Waals surface area contributed by atoms with Crippen LogP contribution in [-0.2, 0) is 42.6 Å². The van der Waals surface area contributed by atoms with E-state index in [1.54, 1.807) is 11.1 Å². The second-order valence-corrected chi connectivity index (χ2v) is 27.4. The maximum absolute atomic E-state index is 11.0. The van der Waals surface area contributed by atoms with Crippen molar-refractivity contribution in [2.45, 2.75) is 199 Å². The topological polar surface area (TPSA) is 82.1 Å². The first-order valence-corrected chi connectivity index (χ1v) is 27.1. The van der Waals surface area contributed by atoms with Crippen LogP contribution in [0.3, 0.4) is 0 Å². The highest BCUT2D eigenvalue weighted by Crippen LogP contribution is 2.79.